The van der Waals surface area contributed by atoms with Crippen LogP contribution in [-0.2, 0) is 0 Å². The van der Waals surface area contributed by atoms with E-state index < -0.39 is 0 Å². The smallest absolute Gasteiger partial charge is 0.153 e. The molecule has 2 N–H and O–H groups in total. The fourth-order valence-corrected chi connectivity index (χ4v) is 0.959. The fourth-order valence-electron chi connectivity index (χ4n) is 0.959. The Morgan fingerprint density at radius 1 is 1.55 bits per heavy atom. The molecule has 4 nitrogen and oxygen atoms in total. The maximum atomic E-state index is 5.59. The minimum Gasteiger partial charge on any atom is -0.382 e. The van der Waals surface area contributed by atoms with Crippen LogP contribution >= 0.6 is 0 Å². The van der Waals surface area contributed by atoms with Crippen LogP contribution in [0.25, 0.3) is 5.65 Å². The number of imidazole rings is 1. The third kappa shape index (κ3) is 0.832. The first-order valence-corrected chi connectivity index (χ1v) is 3.34. The standard InChI is InChI=1S/C7H8N4/c1-5-4-6-9-2-3-11(6)10-7(5)8/h2-4H,1H3,(H2,8,10). The molecule has 2 aromatic heterocycles. The summed E-state index contributed by atoms with van der Waals surface area (Å²) >= 11 is 0. The lowest BCUT2D eigenvalue weighted by Crippen LogP contribution is -1.99. The molecule has 0 atom stereocenters. The van der Waals surface area contributed by atoms with Gasteiger partial charge in [0.05, 0.1) is 0 Å². The Morgan fingerprint density at radius 2 is 2.36 bits per heavy atom. The number of nitrogens with two attached hydrogens (primary N) is 1. The molecule has 11 heavy (non-hydrogen) atoms. The molecule has 0 fully saturated rings. The van der Waals surface area contributed by atoms with E-state index >= 15 is 0 Å². The highest BCUT2D eigenvalue weighted by Crippen LogP contribution is 2.08. The van der Waals surface area contributed by atoms with Gasteiger partial charge in [0.15, 0.2) is 5.65 Å². The topological polar surface area (TPSA) is 56.2 Å². The summed E-state index contributed by atoms with van der Waals surface area (Å²) in [6.45, 7) is 1.91. The minimum absolute atomic E-state index is 0.551. The number of fused-ring (bicyclic) bond motifs is 1. The first kappa shape index (κ1) is 6.15. The molecule has 2 heterocycles. The van der Waals surface area contributed by atoms with E-state index in [2.05, 4.69) is 10.1 Å². The van der Waals surface area contributed by atoms with E-state index in [4.69, 9.17) is 5.73 Å². The lowest BCUT2D eigenvalue weighted by Gasteiger charge is -1.98. The SMILES string of the molecule is Cc1cc2nccn2nc1N. The predicted octanol–water partition coefficient (Wildman–Crippen LogP) is 0.620. The molecule has 0 aliphatic carbocycles. The first-order chi connectivity index (χ1) is 5.27. The minimum atomic E-state index is 0.551. The molecule has 0 unspecified atom stereocenters. The summed E-state index contributed by atoms with van der Waals surface area (Å²) in [5.41, 5.74) is 7.38. The van der Waals surface area contributed by atoms with Gasteiger partial charge in [0, 0.05) is 12.4 Å². The van der Waals surface area contributed by atoms with Gasteiger partial charge in [-0.25, -0.2) is 9.50 Å². The number of hydrogen-bond donors (Lipinski definition) is 1. The van der Waals surface area contributed by atoms with Gasteiger partial charge in [-0.2, -0.15) is 0 Å². The van der Waals surface area contributed by atoms with Crippen molar-refractivity contribution >= 4 is 11.5 Å². The van der Waals surface area contributed by atoms with Crippen LogP contribution in [0.5, 0.6) is 0 Å². The van der Waals surface area contributed by atoms with Crippen LogP contribution in [0.4, 0.5) is 5.82 Å². The van der Waals surface area contributed by atoms with Crippen molar-refractivity contribution in [2.24, 2.45) is 0 Å². The number of aromatic nitrogens is 3. The quantitative estimate of drug-likeness (QED) is 0.595. The second kappa shape index (κ2) is 1.95. The van der Waals surface area contributed by atoms with Gasteiger partial charge in [0.25, 0.3) is 0 Å². The zero-order valence-corrected chi connectivity index (χ0v) is 6.15. The average Bonchev–Trinajstić information content (AvgIpc) is 2.36. The van der Waals surface area contributed by atoms with Crippen molar-refractivity contribution in [1.82, 2.24) is 14.6 Å². The first-order valence-electron chi connectivity index (χ1n) is 3.34. The number of aryl methyl sites for hydroxylation is 1. The average molecular weight is 148 g/mol. The van der Waals surface area contributed by atoms with E-state index in [0.717, 1.165) is 11.2 Å². The molecule has 2 aromatic rings. The van der Waals surface area contributed by atoms with E-state index in [1.165, 1.54) is 0 Å². The molecule has 4 heteroatoms. The van der Waals surface area contributed by atoms with Crippen LogP contribution in [-0.4, -0.2) is 14.6 Å². The lowest BCUT2D eigenvalue weighted by molar-refractivity contribution is 0.937. The van der Waals surface area contributed by atoms with Gasteiger partial charge in [-0.05, 0) is 18.6 Å². The Balaban J connectivity index is 2.86. The molecule has 0 saturated heterocycles. The van der Waals surface area contributed by atoms with Gasteiger partial charge in [-0.1, -0.05) is 0 Å². The van der Waals surface area contributed by atoms with Crippen LogP contribution in [0.15, 0.2) is 18.5 Å². The normalized spacial score (nSPS) is 10.6. The van der Waals surface area contributed by atoms with Crippen molar-refractivity contribution in [1.29, 1.82) is 0 Å². The summed E-state index contributed by atoms with van der Waals surface area (Å²) in [4.78, 5) is 4.07. The van der Waals surface area contributed by atoms with Crippen molar-refractivity contribution in [2.45, 2.75) is 6.92 Å². The summed E-state index contributed by atoms with van der Waals surface area (Å²) in [5.74, 6) is 0.551. The zero-order chi connectivity index (χ0) is 7.84. The van der Waals surface area contributed by atoms with Crippen molar-refractivity contribution in [3.63, 3.8) is 0 Å². The number of nitrogens with zero attached hydrogens (tertiary/aromatic N) is 3. The molecule has 0 saturated carbocycles. The maximum Gasteiger partial charge on any atom is 0.153 e. The van der Waals surface area contributed by atoms with E-state index in [9.17, 15) is 0 Å². The summed E-state index contributed by atoms with van der Waals surface area (Å²) in [5, 5.41) is 4.07. The third-order valence-electron chi connectivity index (χ3n) is 1.61. The Morgan fingerprint density at radius 3 is 3.18 bits per heavy atom. The molecule has 0 radical (unpaired) electrons. The molecular formula is C7H8N4. The van der Waals surface area contributed by atoms with Crippen LogP contribution < -0.4 is 5.73 Å². The summed E-state index contributed by atoms with van der Waals surface area (Å²) in [6, 6.07) is 1.91. The Kier molecular flexibility index (Phi) is 1.09. The van der Waals surface area contributed by atoms with Gasteiger partial charge >= 0.3 is 0 Å². The van der Waals surface area contributed by atoms with Gasteiger partial charge in [0.2, 0.25) is 0 Å². The number of rotatable bonds is 0. The zero-order valence-electron chi connectivity index (χ0n) is 6.15. The largest absolute Gasteiger partial charge is 0.382 e. The molecule has 0 bridgehead atoms. The summed E-state index contributed by atoms with van der Waals surface area (Å²) in [6.07, 6.45) is 3.46. The molecule has 56 valence electrons. The van der Waals surface area contributed by atoms with E-state index in [1.807, 2.05) is 13.0 Å². The second-order valence-electron chi connectivity index (χ2n) is 2.44. The van der Waals surface area contributed by atoms with Gasteiger partial charge in [0.1, 0.15) is 5.82 Å². The third-order valence-corrected chi connectivity index (χ3v) is 1.61. The van der Waals surface area contributed by atoms with Gasteiger partial charge < -0.3 is 5.73 Å². The lowest BCUT2D eigenvalue weighted by atomic mass is 10.3. The number of nitrogen functional groups attached to an aromatic ring is 1. The van der Waals surface area contributed by atoms with Crippen molar-refractivity contribution in [2.75, 3.05) is 5.73 Å². The number of hydrogen-bond acceptors (Lipinski definition) is 3. The van der Waals surface area contributed by atoms with E-state index in [1.54, 1.807) is 16.9 Å². The molecule has 0 aliphatic rings. The van der Waals surface area contributed by atoms with Crippen molar-refractivity contribution in [3.05, 3.63) is 24.0 Å². The predicted molar refractivity (Wildman–Crippen MR) is 42.1 cm³/mol. The van der Waals surface area contributed by atoms with Crippen LogP contribution in [0, 0.1) is 6.92 Å². The van der Waals surface area contributed by atoms with Gasteiger partial charge in [-0.15, -0.1) is 5.10 Å². The Bertz CT molecular complexity index is 354. The molecule has 0 aliphatic heterocycles. The maximum absolute atomic E-state index is 5.59. The van der Waals surface area contributed by atoms with Crippen molar-refractivity contribution < 1.29 is 0 Å². The molecule has 2 rings (SSSR count). The highest BCUT2D eigenvalue weighted by atomic mass is 15.3. The van der Waals surface area contributed by atoms with E-state index in [0.29, 0.717) is 5.82 Å². The van der Waals surface area contributed by atoms with E-state index in [-0.39, 0.29) is 0 Å². The molecule has 0 amide bonds. The monoisotopic (exact) mass is 148 g/mol. The second-order valence-corrected chi connectivity index (χ2v) is 2.44. The molecule has 0 aromatic carbocycles. The molecular weight excluding hydrogens is 140 g/mol. The van der Waals surface area contributed by atoms with Gasteiger partial charge in [-0.3, -0.25) is 0 Å². The van der Waals surface area contributed by atoms with Crippen LogP contribution in [0.3, 0.4) is 0 Å². The summed E-state index contributed by atoms with van der Waals surface area (Å²) in [7, 11) is 0. The van der Waals surface area contributed by atoms with Crippen LogP contribution in [0.2, 0.25) is 0 Å². The summed E-state index contributed by atoms with van der Waals surface area (Å²) < 4.78 is 1.66. The van der Waals surface area contributed by atoms with Crippen molar-refractivity contribution in [3.8, 4) is 0 Å². The fraction of sp³-hybridized carbons (Fsp3) is 0.143. The Labute approximate surface area is 63.7 Å². The highest BCUT2D eigenvalue weighted by molar-refractivity contribution is 5.47. The number of anilines is 1. The van der Waals surface area contributed by atoms with Crippen LogP contribution in [0.1, 0.15) is 5.56 Å². The highest BCUT2D eigenvalue weighted by Gasteiger charge is 1.98. The Hall–Kier alpha value is -1.58. The molecule has 0 spiro atoms.